The molecule has 0 aromatic rings. The molecule has 0 bridgehead atoms. The minimum Gasteiger partial charge on any atom is -0.300 e. The second kappa shape index (κ2) is 4.66. The van der Waals surface area contributed by atoms with Crippen molar-refractivity contribution in [2.75, 3.05) is 0 Å². The van der Waals surface area contributed by atoms with Gasteiger partial charge in [-0.3, -0.25) is 0 Å². The number of carbonyl (C=O) groups excluding carboxylic acids is 1. The lowest BCUT2D eigenvalue weighted by molar-refractivity contribution is -0.117. The van der Waals surface area contributed by atoms with Crippen LogP contribution in [-0.4, -0.2) is 9.58 Å². The molecule has 0 heterocycles. The molecule has 1 aliphatic carbocycles. The van der Waals surface area contributed by atoms with Crippen molar-refractivity contribution in [2.24, 2.45) is 23.2 Å². The largest absolute Gasteiger partial charge is 0.300 e. The van der Waals surface area contributed by atoms with Gasteiger partial charge in [-0.05, 0) is 36.5 Å². The predicted octanol–water partition coefficient (Wildman–Crippen LogP) is 4.63. The number of Topliss-reactive ketones (excluding diaryl/α,β-unsaturated/α-hetero) is 1. The monoisotopic (exact) mass is 284 g/mol. The van der Waals surface area contributed by atoms with E-state index in [9.17, 15) is 4.79 Å². The Balaban J connectivity index is 2.58. The molecule has 0 aliphatic heterocycles. The number of rotatable bonds is 4. The summed E-state index contributed by atoms with van der Waals surface area (Å²) in [6.07, 6.45) is 1.21. The van der Waals surface area contributed by atoms with Crippen LogP contribution in [0, 0.1) is 23.2 Å². The lowest BCUT2D eigenvalue weighted by Gasteiger charge is -2.18. The average Bonchev–Trinajstić information content (AvgIpc) is 2.47. The van der Waals surface area contributed by atoms with Crippen molar-refractivity contribution >= 4 is 40.6 Å². The Morgan fingerprint density at radius 3 is 2.25 bits per heavy atom. The SMILES string of the molecule is CC(=O)CC1C(C(C)CC(Cl)(Cl)Cl)C1(C)C. The fourth-order valence-corrected chi connectivity index (χ4v) is 3.84. The van der Waals surface area contributed by atoms with Crippen molar-refractivity contribution in [1.29, 1.82) is 0 Å². The van der Waals surface area contributed by atoms with Crippen LogP contribution in [0.15, 0.2) is 0 Å². The lowest BCUT2D eigenvalue weighted by atomic mass is 9.96. The molecular weight excluding hydrogens is 266 g/mol. The Morgan fingerprint density at radius 2 is 1.88 bits per heavy atom. The van der Waals surface area contributed by atoms with Gasteiger partial charge in [0.25, 0.3) is 0 Å². The smallest absolute Gasteiger partial charge is 0.190 e. The Bertz CT molecular complexity index is 280. The summed E-state index contributed by atoms with van der Waals surface area (Å²) in [5.41, 5.74) is 0.209. The fourth-order valence-electron chi connectivity index (χ4n) is 3.11. The van der Waals surface area contributed by atoms with E-state index in [0.29, 0.717) is 30.6 Å². The molecule has 1 saturated carbocycles. The molecule has 1 rings (SSSR count). The van der Waals surface area contributed by atoms with Crippen LogP contribution in [0.2, 0.25) is 0 Å². The summed E-state index contributed by atoms with van der Waals surface area (Å²) in [6.45, 7) is 8.14. The van der Waals surface area contributed by atoms with Crippen molar-refractivity contribution < 1.29 is 4.79 Å². The van der Waals surface area contributed by atoms with Gasteiger partial charge < -0.3 is 4.79 Å². The molecule has 1 fully saturated rings. The van der Waals surface area contributed by atoms with E-state index >= 15 is 0 Å². The van der Waals surface area contributed by atoms with Gasteiger partial charge in [-0.1, -0.05) is 55.6 Å². The van der Waals surface area contributed by atoms with Gasteiger partial charge in [0.1, 0.15) is 5.78 Å². The van der Waals surface area contributed by atoms with Crippen molar-refractivity contribution in [3.05, 3.63) is 0 Å². The van der Waals surface area contributed by atoms with Crippen molar-refractivity contribution in [3.8, 4) is 0 Å². The maximum absolute atomic E-state index is 11.2. The molecule has 0 N–H and O–H groups in total. The third-order valence-electron chi connectivity index (χ3n) is 3.81. The highest BCUT2D eigenvalue weighted by Gasteiger charge is 2.59. The molecule has 1 aliphatic rings. The highest BCUT2D eigenvalue weighted by molar-refractivity contribution is 6.67. The first-order valence-corrected chi connectivity index (χ1v) is 6.75. The molecular formula is C12H19Cl3O. The van der Waals surface area contributed by atoms with Gasteiger partial charge in [0.15, 0.2) is 3.79 Å². The topological polar surface area (TPSA) is 17.1 Å². The second-order valence-corrected chi connectivity index (χ2v) is 8.17. The van der Waals surface area contributed by atoms with Gasteiger partial charge in [-0.2, -0.15) is 0 Å². The number of alkyl halides is 3. The fraction of sp³-hybridized carbons (Fsp3) is 0.917. The molecule has 0 amide bonds. The maximum Gasteiger partial charge on any atom is 0.190 e. The van der Waals surface area contributed by atoms with Crippen LogP contribution < -0.4 is 0 Å². The van der Waals surface area contributed by atoms with Gasteiger partial charge in [-0.15, -0.1) is 0 Å². The third-order valence-corrected chi connectivity index (χ3v) is 4.28. The first kappa shape index (κ1) is 14.6. The normalized spacial score (nSPS) is 29.9. The first-order valence-electron chi connectivity index (χ1n) is 5.62. The first-order chi connectivity index (χ1) is 7.05. The summed E-state index contributed by atoms with van der Waals surface area (Å²) in [6, 6.07) is 0. The van der Waals surface area contributed by atoms with E-state index in [-0.39, 0.29) is 11.2 Å². The molecule has 3 atom stereocenters. The van der Waals surface area contributed by atoms with Gasteiger partial charge in [-0.25, -0.2) is 0 Å². The van der Waals surface area contributed by atoms with Crippen LogP contribution in [0.4, 0.5) is 0 Å². The minimum atomic E-state index is -1.18. The number of ketones is 1. The highest BCUT2D eigenvalue weighted by Crippen LogP contribution is 2.64. The lowest BCUT2D eigenvalue weighted by Crippen LogP contribution is -2.13. The van der Waals surface area contributed by atoms with Crippen molar-refractivity contribution in [2.45, 2.75) is 44.3 Å². The van der Waals surface area contributed by atoms with Gasteiger partial charge in [0.2, 0.25) is 0 Å². The van der Waals surface area contributed by atoms with Crippen LogP contribution in [0.5, 0.6) is 0 Å². The number of carbonyl (C=O) groups is 1. The van der Waals surface area contributed by atoms with Crippen LogP contribution >= 0.6 is 34.8 Å². The Kier molecular flexibility index (Phi) is 4.26. The summed E-state index contributed by atoms with van der Waals surface area (Å²) < 4.78 is -1.18. The van der Waals surface area contributed by atoms with Gasteiger partial charge in [0.05, 0.1) is 0 Å². The van der Waals surface area contributed by atoms with Gasteiger partial charge >= 0.3 is 0 Å². The van der Waals surface area contributed by atoms with E-state index in [1.165, 1.54) is 0 Å². The molecule has 16 heavy (non-hydrogen) atoms. The van der Waals surface area contributed by atoms with Crippen LogP contribution in [0.25, 0.3) is 0 Å². The zero-order valence-electron chi connectivity index (χ0n) is 10.2. The maximum atomic E-state index is 11.2. The molecule has 3 unspecified atom stereocenters. The van der Waals surface area contributed by atoms with Crippen LogP contribution in [0.3, 0.4) is 0 Å². The van der Waals surface area contributed by atoms with E-state index in [1.54, 1.807) is 6.92 Å². The van der Waals surface area contributed by atoms with Crippen LogP contribution in [-0.2, 0) is 4.79 Å². The third kappa shape index (κ3) is 3.51. The van der Waals surface area contributed by atoms with Crippen molar-refractivity contribution in [1.82, 2.24) is 0 Å². The summed E-state index contributed by atoms with van der Waals surface area (Å²) >= 11 is 17.4. The summed E-state index contributed by atoms with van der Waals surface area (Å²) in [5.74, 6) is 1.54. The van der Waals surface area contributed by atoms with E-state index in [4.69, 9.17) is 34.8 Å². The molecule has 4 heteroatoms. The molecule has 94 valence electrons. The summed E-state index contributed by atoms with van der Waals surface area (Å²) in [4.78, 5) is 11.2. The Morgan fingerprint density at radius 1 is 1.38 bits per heavy atom. The quantitative estimate of drug-likeness (QED) is 0.688. The Hall–Kier alpha value is 0.540. The van der Waals surface area contributed by atoms with E-state index < -0.39 is 3.79 Å². The van der Waals surface area contributed by atoms with E-state index in [1.807, 2.05) is 0 Å². The summed E-state index contributed by atoms with van der Waals surface area (Å²) in [5, 5.41) is 0. The summed E-state index contributed by atoms with van der Waals surface area (Å²) in [7, 11) is 0. The van der Waals surface area contributed by atoms with Crippen molar-refractivity contribution in [3.63, 3.8) is 0 Å². The predicted molar refractivity (Wildman–Crippen MR) is 70.1 cm³/mol. The number of halogens is 3. The molecule has 0 aromatic heterocycles. The molecule has 0 radical (unpaired) electrons. The van der Waals surface area contributed by atoms with Gasteiger partial charge in [0, 0.05) is 6.42 Å². The second-order valence-electron chi connectivity index (χ2n) is 5.66. The van der Waals surface area contributed by atoms with E-state index in [0.717, 1.165) is 0 Å². The standard InChI is InChI=1S/C12H19Cl3O/c1-7(6-12(13,14)15)10-9(5-8(2)16)11(10,3)4/h7,9-10H,5-6H2,1-4H3. The molecule has 0 saturated heterocycles. The Labute approximate surface area is 113 Å². The van der Waals surface area contributed by atoms with E-state index in [2.05, 4.69) is 20.8 Å². The zero-order chi connectivity index (χ0) is 12.7. The number of hydrogen-bond donors (Lipinski definition) is 0. The number of hydrogen-bond acceptors (Lipinski definition) is 1. The minimum absolute atomic E-state index is 0.209. The zero-order valence-corrected chi connectivity index (χ0v) is 12.5. The van der Waals surface area contributed by atoms with Crippen LogP contribution in [0.1, 0.15) is 40.5 Å². The molecule has 1 nitrogen and oxygen atoms in total. The molecule has 0 aromatic carbocycles. The average molecular weight is 286 g/mol. The molecule has 0 spiro atoms. The highest BCUT2D eigenvalue weighted by atomic mass is 35.6.